The summed E-state index contributed by atoms with van der Waals surface area (Å²) >= 11 is 0. The number of nitrogens with one attached hydrogen (secondary N) is 2. The van der Waals surface area contributed by atoms with Gasteiger partial charge in [-0.05, 0) is 45.1 Å². The van der Waals surface area contributed by atoms with E-state index in [2.05, 4.69) is 37.3 Å². The third kappa shape index (κ3) is 15.2. The van der Waals surface area contributed by atoms with E-state index in [9.17, 15) is 0 Å². The van der Waals surface area contributed by atoms with E-state index in [4.69, 9.17) is 5.73 Å². The fourth-order valence-electron chi connectivity index (χ4n) is 1.92. The molecule has 4 N–H and O–H groups in total. The van der Waals surface area contributed by atoms with Gasteiger partial charge in [-0.1, -0.05) is 46.4 Å². The number of unbranched alkanes of at least 4 members (excludes halogenated alkanes) is 2. The maximum absolute atomic E-state index is 5.51. The lowest BCUT2D eigenvalue weighted by molar-refractivity contribution is 0.560. The van der Waals surface area contributed by atoms with Crippen molar-refractivity contribution in [3.63, 3.8) is 0 Å². The molecule has 0 fully saturated rings. The minimum atomic E-state index is 0.301. The second-order valence-corrected chi connectivity index (χ2v) is 5.26. The van der Waals surface area contributed by atoms with E-state index in [1.807, 2.05) is 19.9 Å². The number of allylic oxidation sites excluding steroid dienone is 2. The summed E-state index contributed by atoms with van der Waals surface area (Å²) in [5.74, 6) is 0. The SMILES string of the molecule is C=CC(CCCCN)NC(=C)CCC(=C)NCCCC.CC. The van der Waals surface area contributed by atoms with Crippen LogP contribution < -0.4 is 16.4 Å². The van der Waals surface area contributed by atoms with Crippen LogP contribution in [-0.4, -0.2) is 19.1 Å². The smallest absolute Gasteiger partial charge is 0.0438 e. The van der Waals surface area contributed by atoms with Gasteiger partial charge < -0.3 is 16.4 Å². The zero-order valence-electron chi connectivity index (χ0n) is 15.2. The Morgan fingerprint density at radius 1 is 1.09 bits per heavy atom. The number of hydrogen-bond donors (Lipinski definition) is 3. The van der Waals surface area contributed by atoms with Gasteiger partial charge in [0.2, 0.25) is 0 Å². The lowest BCUT2D eigenvalue weighted by atomic mass is 10.1. The van der Waals surface area contributed by atoms with E-state index in [0.29, 0.717) is 6.04 Å². The highest BCUT2D eigenvalue weighted by molar-refractivity contribution is 5.03. The van der Waals surface area contributed by atoms with Crippen LogP contribution in [0.3, 0.4) is 0 Å². The van der Waals surface area contributed by atoms with Crippen molar-refractivity contribution < 1.29 is 0 Å². The van der Waals surface area contributed by atoms with E-state index in [0.717, 1.165) is 56.6 Å². The van der Waals surface area contributed by atoms with Crippen LogP contribution in [0.5, 0.6) is 0 Å². The van der Waals surface area contributed by atoms with Crippen molar-refractivity contribution in [3.8, 4) is 0 Å². The van der Waals surface area contributed by atoms with Gasteiger partial charge in [-0.2, -0.15) is 0 Å². The van der Waals surface area contributed by atoms with Gasteiger partial charge in [0.15, 0.2) is 0 Å². The van der Waals surface area contributed by atoms with E-state index in [1.54, 1.807) is 0 Å². The molecule has 130 valence electrons. The summed E-state index contributed by atoms with van der Waals surface area (Å²) in [6.07, 6.45) is 9.46. The molecule has 0 spiro atoms. The van der Waals surface area contributed by atoms with Gasteiger partial charge in [-0.25, -0.2) is 0 Å². The minimum absolute atomic E-state index is 0.301. The summed E-state index contributed by atoms with van der Waals surface area (Å²) in [4.78, 5) is 0. The van der Waals surface area contributed by atoms with Crippen LogP contribution >= 0.6 is 0 Å². The fourth-order valence-corrected chi connectivity index (χ4v) is 1.92. The van der Waals surface area contributed by atoms with Gasteiger partial charge in [0.25, 0.3) is 0 Å². The van der Waals surface area contributed by atoms with Crippen molar-refractivity contribution in [2.24, 2.45) is 5.73 Å². The first-order valence-electron chi connectivity index (χ1n) is 8.82. The molecule has 1 unspecified atom stereocenters. The van der Waals surface area contributed by atoms with Crippen LogP contribution in [-0.2, 0) is 0 Å². The molecule has 1 atom stereocenters. The number of nitrogens with two attached hydrogens (primary N) is 1. The van der Waals surface area contributed by atoms with Crippen LogP contribution in [0.1, 0.15) is 65.7 Å². The van der Waals surface area contributed by atoms with Gasteiger partial charge in [0.05, 0.1) is 0 Å². The van der Waals surface area contributed by atoms with Crippen molar-refractivity contribution >= 4 is 0 Å². The van der Waals surface area contributed by atoms with Gasteiger partial charge in [0.1, 0.15) is 0 Å². The zero-order chi connectivity index (χ0) is 17.2. The summed E-state index contributed by atoms with van der Waals surface area (Å²) in [5, 5.41) is 6.78. The molecular formula is C19H39N3. The minimum Gasteiger partial charge on any atom is -0.389 e. The Hall–Kier alpha value is -1.22. The quantitative estimate of drug-likeness (QED) is 0.327. The Morgan fingerprint density at radius 3 is 2.27 bits per heavy atom. The molecule has 0 heterocycles. The molecule has 0 aliphatic rings. The normalized spacial score (nSPS) is 10.9. The van der Waals surface area contributed by atoms with Gasteiger partial charge in [-0.3, -0.25) is 0 Å². The monoisotopic (exact) mass is 309 g/mol. The molecule has 0 rings (SSSR count). The fraction of sp³-hybridized carbons (Fsp3) is 0.684. The second-order valence-electron chi connectivity index (χ2n) is 5.26. The average molecular weight is 310 g/mol. The van der Waals surface area contributed by atoms with Gasteiger partial charge in [0, 0.05) is 24.0 Å². The number of hydrogen-bond acceptors (Lipinski definition) is 3. The van der Waals surface area contributed by atoms with Crippen molar-refractivity contribution in [3.05, 3.63) is 37.2 Å². The van der Waals surface area contributed by atoms with Crippen molar-refractivity contribution in [1.29, 1.82) is 0 Å². The first-order chi connectivity index (χ1) is 10.6. The molecule has 0 amide bonds. The van der Waals surface area contributed by atoms with E-state index < -0.39 is 0 Å². The van der Waals surface area contributed by atoms with Crippen molar-refractivity contribution in [1.82, 2.24) is 10.6 Å². The largest absolute Gasteiger partial charge is 0.389 e. The summed E-state index contributed by atoms with van der Waals surface area (Å²) < 4.78 is 0. The third-order valence-electron chi connectivity index (χ3n) is 3.28. The highest BCUT2D eigenvalue weighted by Gasteiger charge is 2.05. The lowest BCUT2D eigenvalue weighted by Gasteiger charge is -2.18. The highest BCUT2D eigenvalue weighted by Crippen LogP contribution is 2.09. The maximum atomic E-state index is 5.51. The molecule has 0 radical (unpaired) electrons. The standard InChI is InChI=1S/C17H33N3.C2H6/c1-5-7-14-19-15(3)11-12-16(4)20-17(6-2)10-8-9-13-18;1-2/h6,17,19-20H,2-5,7-14,18H2,1H3;1-2H3. The Bertz CT molecular complexity index is 284. The van der Waals surface area contributed by atoms with Crippen LogP contribution in [0.2, 0.25) is 0 Å². The van der Waals surface area contributed by atoms with Crippen LogP contribution in [0, 0.1) is 0 Å². The first kappa shape index (κ1) is 23.1. The first-order valence-corrected chi connectivity index (χ1v) is 8.82. The number of rotatable bonds is 14. The van der Waals surface area contributed by atoms with Crippen LogP contribution in [0.15, 0.2) is 37.2 Å². The van der Waals surface area contributed by atoms with Gasteiger partial charge in [-0.15, -0.1) is 6.58 Å². The molecule has 22 heavy (non-hydrogen) atoms. The molecule has 3 nitrogen and oxygen atoms in total. The molecule has 0 aliphatic heterocycles. The van der Waals surface area contributed by atoms with E-state index in [1.165, 1.54) is 12.8 Å². The highest BCUT2D eigenvalue weighted by atomic mass is 14.9. The van der Waals surface area contributed by atoms with Crippen LogP contribution in [0.25, 0.3) is 0 Å². The predicted octanol–water partition coefficient (Wildman–Crippen LogP) is 4.48. The summed E-state index contributed by atoms with van der Waals surface area (Å²) in [7, 11) is 0. The predicted molar refractivity (Wildman–Crippen MR) is 102 cm³/mol. The Balaban J connectivity index is 0. The Morgan fingerprint density at radius 2 is 1.73 bits per heavy atom. The molecule has 0 saturated heterocycles. The Labute approximate surface area is 139 Å². The van der Waals surface area contributed by atoms with Crippen LogP contribution in [0.4, 0.5) is 0 Å². The molecule has 0 bridgehead atoms. The summed E-state index contributed by atoms with van der Waals surface area (Å²) in [6, 6.07) is 0.301. The average Bonchev–Trinajstić information content (AvgIpc) is 2.54. The summed E-state index contributed by atoms with van der Waals surface area (Å²) in [6.45, 7) is 20.0. The molecule has 0 aromatic carbocycles. The zero-order valence-corrected chi connectivity index (χ0v) is 15.2. The summed E-state index contributed by atoms with van der Waals surface area (Å²) in [5.41, 5.74) is 7.66. The maximum Gasteiger partial charge on any atom is 0.0438 e. The molecule has 3 heteroatoms. The second kappa shape index (κ2) is 17.8. The van der Waals surface area contributed by atoms with Crippen molar-refractivity contribution in [2.75, 3.05) is 13.1 Å². The molecule has 0 aliphatic carbocycles. The molecule has 0 aromatic rings. The third-order valence-corrected chi connectivity index (χ3v) is 3.28. The van der Waals surface area contributed by atoms with Gasteiger partial charge >= 0.3 is 0 Å². The topological polar surface area (TPSA) is 50.1 Å². The molecular weight excluding hydrogens is 270 g/mol. The van der Waals surface area contributed by atoms with E-state index in [-0.39, 0.29) is 0 Å². The lowest BCUT2D eigenvalue weighted by Crippen LogP contribution is -2.26. The molecule has 0 saturated carbocycles. The molecule has 0 aromatic heterocycles. The Kier molecular flexibility index (Phi) is 18.7. The van der Waals surface area contributed by atoms with E-state index >= 15 is 0 Å². The van der Waals surface area contributed by atoms with Crippen molar-refractivity contribution in [2.45, 2.75) is 71.8 Å².